The molecule has 0 saturated heterocycles. The minimum atomic E-state index is 0.624. The lowest BCUT2D eigenvalue weighted by atomic mass is 10.0. The van der Waals surface area contributed by atoms with E-state index in [0.29, 0.717) is 11.7 Å². The Morgan fingerprint density at radius 1 is 0.459 bits per heavy atom. The van der Waals surface area contributed by atoms with Gasteiger partial charge in [-0.05, 0) is 41.8 Å². The molecule has 4 heteroatoms. The Hall–Kier alpha value is -5.09. The number of hydrogen-bond donors (Lipinski definition) is 0. The summed E-state index contributed by atoms with van der Waals surface area (Å²) < 4.78 is 6.22. The van der Waals surface area contributed by atoms with Crippen molar-refractivity contribution < 1.29 is 4.42 Å². The average molecular weight is 476 g/mol. The van der Waals surface area contributed by atoms with Gasteiger partial charge in [0.05, 0.1) is 11.4 Å². The maximum atomic E-state index is 6.22. The molecule has 0 fully saturated rings. The average Bonchev–Trinajstić information content (AvgIpc) is 3.43. The Kier molecular flexibility index (Phi) is 5.07. The molecule has 0 radical (unpaired) electrons. The molecule has 4 nitrogen and oxygen atoms in total. The lowest BCUT2D eigenvalue weighted by molar-refractivity contribution is 0.623. The highest BCUT2D eigenvalue weighted by Crippen LogP contribution is 2.33. The molecule has 0 saturated carbocycles. The highest BCUT2D eigenvalue weighted by atomic mass is 16.3. The second-order valence-electron chi connectivity index (χ2n) is 8.93. The fourth-order valence-corrected chi connectivity index (χ4v) is 4.65. The van der Waals surface area contributed by atoms with Gasteiger partial charge in [-0.2, -0.15) is 0 Å². The molecule has 5 aromatic carbocycles. The number of benzene rings is 5. The summed E-state index contributed by atoms with van der Waals surface area (Å²) in [5, 5.41) is 2.06. The van der Waals surface area contributed by atoms with Crippen LogP contribution in [0.25, 0.3) is 67.2 Å². The van der Waals surface area contributed by atoms with Gasteiger partial charge in [0.25, 0.3) is 0 Å². The number of aromatic nitrogens is 3. The van der Waals surface area contributed by atoms with Crippen LogP contribution in [0.2, 0.25) is 0 Å². The predicted molar refractivity (Wildman–Crippen MR) is 149 cm³/mol. The van der Waals surface area contributed by atoms with Gasteiger partial charge >= 0.3 is 0 Å². The molecule has 0 aliphatic carbocycles. The van der Waals surface area contributed by atoms with Crippen LogP contribution in [0.3, 0.4) is 0 Å². The third-order valence-corrected chi connectivity index (χ3v) is 6.51. The topological polar surface area (TPSA) is 51.8 Å². The minimum Gasteiger partial charge on any atom is -0.435 e. The summed E-state index contributed by atoms with van der Waals surface area (Å²) in [6.07, 6.45) is 0. The molecule has 7 aromatic rings. The second-order valence-corrected chi connectivity index (χ2v) is 8.93. The van der Waals surface area contributed by atoms with Crippen LogP contribution < -0.4 is 0 Å². The van der Waals surface area contributed by atoms with Crippen molar-refractivity contribution >= 4 is 21.9 Å². The molecule has 0 spiro atoms. The lowest BCUT2D eigenvalue weighted by Gasteiger charge is -2.10. The van der Waals surface area contributed by atoms with Crippen LogP contribution in [0.15, 0.2) is 132 Å². The van der Waals surface area contributed by atoms with Gasteiger partial charge in [-0.1, -0.05) is 91.0 Å². The van der Waals surface area contributed by atoms with Crippen molar-refractivity contribution in [2.45, 2.75) is 0 Å². The number of fused-ring (bicyclic) bond motifs is 3. The quantitative estimate of drug-likeness (QED) is 0.256. The van der Waals surface area contributed by atoms with E-state index in [2.05, 4.69) is 54.6 Å². The molecule has 0 atom stereocenters. The molecule has 0 N–H and O–H groups in total. The fraction of sp³-hybridized carbons (Fsp3) is 0. The molecular weight excluding hydrogens is 454 g/mol. The second kappa shape index (κ2) is 8.85. The van der Waals surface area contributed by atoms with Crippen molar-refractivity contribution in [2.75, 3.05) is 0 Å². The Bertz CT molecular complexity index is 1800. The Balaban J connectivity index is 1.37. The summed E-state index contributed by atoms with van der Waals surface area (Å²) in [6, 6.07) is 42.8. The summed E-state index contributed by atoms with van der Waals surface area (Å²) in [5.41, 5.74) is 7.43. The summed E-state index contributed by atoms with van der Waals surface area (Å²) in [6.45, 7) is 0. The monoisotopic (exact) mass is 475 g/mol. The largest absolute Gasteiger partial charge is 0.435 e. The normalized spacial score (nSPS) is 11.2. The minimum absolute atomic E-state index is 0.624. The maximum absolute atomic E-state index is 6.22. The van der Waals surface area contributed by atoms with Crippen LogP contribution in [0, 0.1) is 0 Å². The molecule has 2 aromatic heterocycles. The molecule has 2 heterocycles. The van der Waals surface area contributed by atoms with E-state index in [1.54, 1.807) is 0 Å². The van der Waals surface area contributed by atoms with Crippen LogP contribution in [-0.2, 0) is 0 Å². The van der Waals surface area contributed by atoms with Crippen LogP contribution in [0.5, 0.6) is 0 Å². The van der Waals surface area contributed by atoms with Gasteiger partial charge in [-0.15, -0.1) is 0 Å². The third-order valence-electron chi connectivity index (χ3n) is 6.51. The standard InChI is InChI=1S/C33H21N3O/c1-4-10-22(11-5-1)29-21-30(23-12-6-2-7-13-23)35-32(34-29)26-16-18-27-25(20-26)17-19-28-31(27)37-33(36-28)24-14-8-3-9-15-24/h1-21H. The van der Waals surface area contributed by atoms with Crippen molar-refractivity contribution in [2.24, 2.45) is 0 Å². The zero-order valence-electron chi connectivity index (χ0n) is 19.9. The first-order valence-corrected chi connectivity index (χ1v) is 12.2. The van der Waals surface area contributed by atoms with Crippen molar-refractivity contribution in [3.05, 3.63) is 127 Å². The summed E-state index contributed by atoms with van der Waals surface area (Å²) in [7, 11) is 0. The van der Waals surface area contributed by atoms with Crippen LogP contribution in [0.4, 0.5) is 0 Å². The van der Waals surface area contributed by atoms with E-state index in [1.165, 1.54) is 0 Å². The van der Waals surface area contributed by atoms with E-state index in [0.717, 1.165) is 55.5 Å². The Morgan fingerprint density at radius 2 is 1.05 bits per heavy atom. The van der Waals surface area contributed by atoms with Crippen molar-refractivity contribution in [1.29, 1.82) is 0 Å². The van der Waals surface area contributed by atoms with E-state index in [-0.39, 0.29) is 0 Å². The van der Waals surface area contributed by atoms with Gasteiger partial charge in [0.15, 0.2) is 11.4 Å². The maximum Gasteiger partial charge on any atom is 0.227 e. The molecule has 0 aliphatic rings. The van der Waals surface area contributed by atoms with E-state index >= 15 is 0 Å². The van der Waals surface area contributed by atoms with Gasteiger partial charge in [0, 0.05) is 27.6 Å². The first-order valence-electron chi connectivity index (χ1n) is 12.2. The van der Waals surface area contributed by atoms with Gasteiger partial charge < -0.3 is 4.42 Å². The molecule has 0 aliphatic heterocycles. The summed E-state index contributed by atoms with van der Waals surface area (Å²) >= 11 is 0. The molecule has 0 bridgehead atoms. The smallest absolute Gasteiger partial charge is 0.227 e. The Morgan fingerprint density at radius 3 is 1.68 bits per heavy atom. The van der Waals surface area contributed by atoms with E-state index in [9.17, 15) is 0 Å². The Labute approximate surface area is 213 Å². The molecule has 174 valence electrons. The first kappa shape index (κ1) is 21.2. The van der Waals surface area contributed by atoms with E-state index < -0.39 is 0 Å². The SMILES string of the molecule is c1ccc(-c2cc(-c3ccccc3)nc(-c3ccc4c(ccc5nc(-c6ccccc6)oc54)c3)n2)cc1. The predicted octanol–water partition coefficient (Wildman–Crippen LogP) is 8.44. The van der Waals surface area contributed by atoms with Crippen molar-refractivity contribution in [1.82, 2.24) is 15.0 Å². The highest BCUT2D eigenvalue weighted by Gasteiger charge is 2.14. The highest BCUT2D eigenvalue weighted by molar-refractivity contribution is 6.04. The van der Waals surface area contributed by atoms with E-state index in [1.807, 2.05) is 72.8 Å². The molecular formula is C33H21N3O. The van der Waals surface area contributed by atoms with Crippen LogP contribution >= 0.6 is 0 Å². The molecule has 7 rings (SSSR count). The zero-order chi connectivity index (χ0) is 24.6. The van der Waals surface area contributed by atoms with Gasteiger partial charge in [0.1, 0.15) is 5.52 Å². The number of nitrogens with zero attached hydrogens (tertiary/aromatic N) is 3. The number of rotatable bonds is 4. The lowest BCUT2D eigenvalue weighted by Crippen LogP contribution is -1.96. The summed E-state index contributed by atoms with van der Waals surface area (Å²) in [4.78, 5) is 14.6. The van der Waals surface area contributed by atoms with Gasteiger partial charge in [-0.3, -0.25) is 0 Å². The third kappa shape index (κ3) is 3.95. The molecule has 0 amide bonds. The number of hydrogen-bond acceptors (Lipinski definition) is 4. The first-order chi connectivity index (χ1) is 18.3. The molecule has 0 unspecified atom stereocenters. The van der Waals surface area contributed by atoms with Crippen molar-refractivity contribution in [3.63, 3.8) is 0 Å². The fourth-order valence-electron chi connectivity index (χ4n) is 4.65. The number of oxazole rings is 1. The molecule has 37 heavy (non-hydrogen) atoms. The van der Waals surface area contributed by atoms with Gasteiger partial charge in [-0.25, -0.2) is 15.0 Å². The van der Waals surface area contributed by atoms with E-state index in [4.69, 9.17) is 19.4 Å². The van der Waals surface area contributed by atoms with Gasteiger partial charge in [0.2, 0.25) is 5.89 Å². The zero-order valence-corrected chi connectivity index (χ0v) is 19.9. The van der Waals surface area contributed by atoms with Crippen LogP contribution in [-0.4, -0.2) is 15.0 Å². The summed E-state index contributed by atoms with van der Waals surface area (Å²) in [5.74, 6) is 1.31. The van der Waals surface area contributed by atoms with Crippen molar-refractivity contribution in [3.8, 4) is 45.4 Å². The van der Waals surface area contributed by atoms with Crippen LogP contribution in [0.1, 0.15) is 0 Å².